The molecule has 1 N–H and O–H groups in total. The predicted octanol–water partition coefficient (Wildman–Crippen LogP) is 5.96. The molecule has 0 heterocycles. The Bertz CT molecular complexity index is 1410. The zero-order valence-corrected chi connectivity index (χ0v) is 21.3. The van der Waals surface area contributed by atoms with Crippen LogP contribution in [0, 0.1) is 0 Å². The fourth-order valence-electron chi connectivity index (χ4n) is 3.41. The molecule has 0 atom stereocenters. The normalized spacial score (nSPS) is 11.0. The highest BCUT2D eigenvalue weighted by Gasteiger charge is 2.21. The minimum absolute atomic E-state index is 0.125. The van der Waals surface area contributed by atoms with E-state index in [9.17, 15) is 13.2 Å². The summed E-state index contributed by atoms with van der Waals surface area (Å²) in [4.78, 5) is 12.5. The Hall–Kier alpha value is -3.62. The smallest absolute Gasteiger partial charge is 0.264 e. The van der Waals surface area contributed by atoms with Gasteiger partial charge in [-0.25, -0.2) is 8.42 Å². The summed E-state index contributed by atoms with van der Waals surface area (Å²) < 4.78 is 33.4. The number of rotatable bonds is 8. The monoisotopic (exact) mass is 550 g/mol. The zero-order valence-electron chi connectivity index (χ0n) is 18.9. The van der Waals surface area contributed by atoms with E-state index in [-0.39, 0.29) is 17.4 Å². The standard InChI is InChI=1S/C27H23BrN2O4S/c1-30(23-10-6-3-7-11-23)35(32,33)24-15-13-22(14-16-24)29-27(31)19-34-26-17-12-21(18-25(26)28)20-8-4-2-5-9-20/h2-18H,19H2,1H3,(H,29,31). The van der Waals surface area contributed by atoms with E-state index >= 15 is 0 Å². The number of carbonyl (C=O) groups excluding carboxylic acids is 1. The van der Waals surface area contributed by atoms with Crippen LogP contribution in [0.5, 0.6) is 5.75 Å². The van der Waals surface area contributed by atoms with Gasteiger partial charge in [0.1, 0.15) is 5.75 Å². The van der Waals surface area contributed by atoms with E-state index in [0.717, 1.165) is 15.6 Å². The number of benzene rings is 4. The number of halogens is 1. The summed E-state index contributed by atoms with van der Waals surface area (Å²) in [7, 11) is -2.22. The molecule has 0 aromatic heterocycles. The summed E-state index contributed by atoms with van der Waals surface area (Å²) in [5.41, 5.74) is 3.14. The first-order valence-electron chi connectivity index (χ1n) is 10.8. The van der Waals surface area contributed by atoms with Crippen molar-refractivity contribution in [1.29, 1.82) is 0 Å². The lowest BCUT2D eigenvalue weighted by Gasteiger charge is -2.19. The number of para-hydroxylation sites is 1. The first-order chi connectivity index (χ1) is 16.8. The summed E-state index contributed by atoms with van der Waals surface area (Å²) in [6, 6.07) is 30.5. The summed E-state index contributed by atoms with van der Waals surface area (Å²) in [5.74, 6) is 0.186. The molecule has 8 heteroatoms. The van der Waals surface area contributed by atoms with Gasteiger partial charge in [-0.3, -0.25) is 9.10 Å². The van der Waals surface area contributed by atoms with Gasteiger partial charge in [0.25, 0.3) is 15.9 Å². The number of carbonyl (C=O) groups is 1. The molecule has 4 rings (SSSR count). The Morgan fingerprint density at radius 1 is 0.857 bits per heavy atom. The number of sulfonamides is 1. The van der Waals surface area contributed by atoms with Gasteiger partial charge < -0.3 is 10.1 Å². The second kappa shape index (κ2) is 10.8. The number of nitrogens with zero attached hydrogens (tertiary/aromatic N) is 1. The van der Waals surface area contributed by atoms with Crippen molar-refractivity contribution in [1.82, 2.24) is 0 Å². The van der Waals surface area contributed by atoms with Crippen molar-refractivity contribution in [3.05, 3.63) is 108 Å². The van der Waals surface area contributed by atoms with Gasteiger partial charge >= 0.3 is 0 Å². The van der Waals surface area contributed by atoms with Gasteiger partial charge in [0.15, 0.2) is 6.61 Å². The van der Waals surface area contributed by atoms with Gasteiger partial charge in [0, 0.05) is 12.7 Å². The summed E-state index contributed by atoms with van der Waals surface area (Å²) in [5, 5.41) is 2.72. The fraction of sp³-hybridized carbons (Fsp3) is 0.0741. The lowest BCUT2D eigenvalue weighted by Crippen LogP contribution is -2.26. The van der Waals surface area contributed by atoms with Gasteiger partial charge in [-0.15, -0.1) is 0 Å². The highest BCUT2D eigenvalue weighted by atomic mass is 79.9. The Morgan fingerprint density at radius 3 is 2.11 bits per heavy atom. The maximum Gasteiger partial charge on any atom is 0.264 e. The third kappa shape index (κ3) is 5.90. The summed E-state index contributed by atoms with van der Waals surface area (Å²) in [6.45, 7) is -0.194. The van der Waals surface area contributed by atoms with Crippen molar-refractivity contribution in [2.24, 2.45) is 0 Å². The molecule has 0 unspecified atom stereocenters. The molecule has 4 aromatic carbocycles. The fourth-order valence-corrected chi connectivity index (χ4v) is 5.10. The molecule has 1 amide bonds. The largest absolute Gasteiger partial charge is 0.483 e. The van der Waals surface area contributed by atoms with Gasteiger partial charge in [0.05, 0.1) is 15.1 Å². The first kappa shape index (κ1) is 24.5. The molecule has 0 aliphatic heterocycles. The van der Waals surface area contributed by atoms with Crippen molar-refractivity contribution in [3.63, 3.8) is 0 Å². The number of hydrogen-bond donors (Lipinski definition) is 1. The number of anilines is 2. The maximum absolute atomic E-state index is 12.9. The SMILES string of the molecule is CN(c1ccccc1)S(=O)(=O)c1ccc(NC(=O)COc2ccc(-c3ccccc3)cc2Br)cc1. The highest BCUT2D eigenvalue weighted by molar-refractivity contribution is 9.10. The minimum Gasteiger partial charge on any atom is -0.483 e. The van der Waals surface area contributed by atoms with E-state index in [1.807, 2.05) is 54.6 Å². The maximum atomic E-state index is 12.9. The zero-order chi connectivity index (χ0) is 24.8. The lowest BCUT2D eigenvalue weighted by molar-refractivity contribution is -0.118. The van der Waals surface area contributed by atoms with Crippen LogP contribution in [0.4, 0.5) is 11.4 Å². The third-order valence-corrected chi connectivity index (χ3v) is 7.73. The van der Waals surface area contributed by atoms with Gasteiger partial charge in [0.2, 0.25) is 0 Å². The molecule has 6 nitrogen and oxygen atoms in total. The van der Waals surface area contributed by atoms with Crippen LogP contribution in [-0.2, 0) is 14.8 Å². The third-order valence-electron chi connectivity index (χ3n) is 5.31. The van der Waals surface area contributed by atoms with Crippen LogP contribution >= 0.6 is 15.9 Å². The molecule has 4 aromatic rings. The number of hydrogen-bond acceptors (Lipinski definition) is 4. The van der Waals surface area contributed by atoms with Crippen LogP contribution in [0.15, 0.2) is 112 Å². The Morgan fingerprint density at radius 2 is 1.49 bits per heavy atom. The Kier molecular flexibility index (Phi) is 7.53. The topological polar surface area (TPSA) is 75.7 Å². The van der Waals surface area contributed by atoms with Crippen LogP contribution in [0.1, 0.15) is 0 Å². The van der Waals surface area contributed by atoms with Crippen LogP contribution in [0.25, 0.3) is 11.1 Å². The minimum atomic E-state index is -3.72. The van der Waals surface area contributed by atoms with Gasteiger partial charge in [-0.1, -0.05) is 54.6 Å². The van der Waals surface area contributed by atoms with Crippen molar-refractivity contribution >= 4 is 43.2 Å². The van der Waals surface area contributed by atoms with Crippen LogP contribution < -0.4 is 14.4 Å². The second-order valence-electron chi connectivity index (χ2n) is 7.68. The average molecular weight is 551 g/mol. The molecule has 0 radical (unpaired) electrons. The highest BCUT2D eigenvalue weighted by Crippen LogP contribution is 2.30. The number of amides is 1. The van der Waals surface area contributed by atoms with E-state index in [0.29, 0.717) is 17.1 Å². The Labute approximate surface area is 213 Å². The van der Waals surface area contributed by atoms with E-state index in [1.165, 1.54) is 23.5 Å². The van der Waals surface area contributed by atoms with Gasteiger partial charge in [-0.05, 0) is 75.6 Å². The van der Waals surface area contributed by atoms with E-state index in [2.05, 4.69) is 21.2 Å². The summed E-state index contributed by atoms with van der Waals surface area (Å²) in [6.07, 6.45) is 0. The molecule has 0 saturated carbocycles. The number of nitrogens with one attached hydrogen (secondary N) is 1. The van der Waals surface area contributed by atoms with Crippen molar-refractivity contribution in [2.75, 3.05) is 23.3 Å². The number of ether oxygens (including phenoxy) is 1. The van der Waals surface area contributed by atoms with Crippen molar-refractivity contribution in [3.8, 4) is 16.9 Å². The molecule has 0 bridgehead atoms. The van der Waals surface area contributed by atoms with Crippen LogP contribution in [0.3, 0.4) is 0 Å². The van der Waals surface area contributed by atoms with Crippen molar-refractivity contribution in [2.45, 2.75) is 4.90 Å². The van der Waals surface area contributed by atoms with Crippen molar-refractivity contribution < 1.29 is 17.9 Å². The predicted molar refractivity (Wildman–Crippen MR) is 142 cm³/mol. The molecular formula is C27H23BrN2O4S. The van der Waals surface area contributed by atoms with E-state index in [1.54, 1.807) is 36.4 Å². The second-order valence-corrected chi connectivity index (χ2v) is 10.5. The molecule has 0 spiro atoms. The molecule has 0 aliphatic rings. The quantitative estimate of drug-likeness (QED) is 0.293. The molecular weight excluding hydrogens is 528 g/mol. The average Bonchev–Trinajstić information content (AvgIpc) is 2.89. The van der Waals surface area contributed by atoms with Crippen LogP contribution in [0.2, 0.25) is 0 Å². The van der Waals surface area contributed by atoms with Crippen LogP contribution in [-0.4, -0.2) is 28.0 Å². The summed E-state index contributed by atoms with van der Waals surface area (Å²) >= 11 is 3.50. The molecule has 0 saturated heterocycles. The van der Waals surface area contributed by atoms with E-state index in [4.69, 9.17) is 4.74 Å². The van der Waals surface area contributed by atoms with E-state index < -0.39 is 10.0 Å². The molecule has 35 heavy (non-hydrogen) atoms. The molecule has 178 valence electrons. The molecule has 0 aliphatic carbocycles. The van der Waals surface area contributed by atoms with Gasteiger partial charge in [-0.2, -0.15) is 0 Å². The first-order valence-corrected chi connectivity index (χ1v) is 13.0. The lowest BCUT2D eigenvalue weighted by atomic mass is 10.1. The Balaban J connectivity index is 1.36. The molecule has 0 fully saturated rings.